The third-order valence-corrected chi connectivity index (χ3v) is 6.92. The number of rotatable bonds is 6. The van der Waals surface area contributed by atoms with Gasteiger partial charge in [-0.05, 0) is 53.8 Å². The second-order valence-corrected chi connectivity index (χ2v) is 8.97. The molecule has 3 aromatic heterocycles. The average Bonchev–Trinajstić information content (AvgIpc) is 3.44. The van der Waals surface area contributed by atoms with Crippen molar-refractivity contribution in [3.05, 3.63) is 65.7 Å². The number of thiophene rings is 1. The number of halogens is 2. The van der Waals surface area contributed by atoms with Crippen molar-refractivity contribution >= 4 is 22.2 Å². The van der Waals surface area contributed by atoms with E-state index in [0.717, 1.165) is 6.54 Å². The summed E-state index contributed by atoms with van der Waals surface area (Å²) in [6.07, 6.45) is 12.1. The van der Waals surface area contributed by atoms with Crippen molar-refractivity contribution in [3.63, 3.8) is 0 Å². The molecule has 4 aromatic rings. The Labute approximate surface area is 200 Å². The number of fused-ring (bicyclic) bond motifs is 1. The highest BCUT2D eigenvalue weighted by Crippen LogP contribution is 2.32. The van der Waals surface area contributed by atoms with Gasteiger partial charge in [0.1, 0.15) is 0 Å². The van der Waals surface area contributed by atoms with Crippen LogP contribution < -0.4 is 34.7 Å². The number of piperidine rings is 1. The minimum absolute atomic E-state index is 0. The van der Waals surface area contributed by atoms with Gasteiger partial charge in [0.15, 0.2) is 12.4 Å². The number of nitrogens with zero attached hydrogens (tertiary/aromatic N) is 1. The lowest BCUT2D eigenvalue weighted by atomic mass is 10.0. The molecule has 1 fully saturated rings. The fourth-order valence-electron chi connectivity index (χ4n) is 4.69. The molecule has 0 saturated carbocycles. The van der Waals surface area contributed by atoms with Gasteiger partial charge >= 0.3 is 0 Å². The molecule has 0 bridgehead atoms. The highest BCUT2D eigenvalue weighted by molar-refractivity contribution is 7.08. The van der Waals surface area contributed by atoms with Gasteiger partial charge in [-0.3, -0.25) is 0 Å². The Morgan fingerprint density at radius 2 is 1.74 bits per heavy atom. The number of aryl methyl sites for hydroxylation is 1. The number of para-hydroxylation sites is 1. The number of hydrogen-bond acceptors (Lipinski definition) is 1. The number of aromatic nitrogens is 2. The molecule has 5 rings (SSSR count). The highest BCUT2D eigenvalue weighted by Gasteiger charge is 2.15. The molecule has 0 radical (unpaired) electrons. The number of likely N-dealkylation sites (tertiary alicyclic amines) is 1. The standard InChI is InChI=1S/C25H27N3S.2ClH/c1-4-10-27(11-5-1)12-6-13-28-18-24(23-7-2-3-8-25(23)28)22-15-21(16-26-17-22)20-9-14-29-19-20;;/h2-3,7-9,14-19H,1,4-6,10-13H2;2*1H. The molecule has 164 valence electrons. The lowest BCUT2D eigenvalue weighted by Gasteiger charge is -2.23. The first-order chi connectivity index (χ1) is 14.4. The predicted molar refractivity (Wildman–Crippen MR) is 121 cm³/mol. The van der Waals surface area contributed by atoms with Gasteiger partial charge in [-0.1, -0.05) is 18.2 Å². The fourth-order valence-corrected chi connectivity index (χ4v) is 5.35. The van der Waals surface area contributed by atoms with Crippen LogP contribution in [-0.2, 0) is 6.54 Å². The summed E-state index contributed by atoms with van der Waals surface area (Å²) in [6.45, 7) is 5.12. The summed E-state index contributed by atoms with van der Waals surface area (Å²) in [4.78, 5) is 5.17. The molecule has 1 aromatic carbocycles. The van der Waals surface area contributed by atoms with E-state index in [0.29, 0.717) is 0 Å². The third kappa shape index (κ3) is 5.32. The lowest BCUT2D eigenvalue weighted by molar-refractivity contribution is -0.905. The second-order valence-electron chi connectivity index (χ2n) is 8.19. The van der Waals surface area contributed by atoms with Gasteiger partial charge in [-0.15, -0.1) is 0 Å². The molecule has 0 aliphatic carbocycles. The van der Waals surface area contributed by atoms with Crippen LogP contribution in [0.4, 0.5) is 0 Å². The molecule has 0 atom stereocenters. The van der Waals surface area contributed by atoms with Crippen LogP contribution in [0.2, 0.25) is 0 Å². The summed E-state index contributed by atoms with van der Waals surface area (Å²) in [7, 11) is 0. The van der Waals surface area contributed by atoms with Crippen molar-refractivity contribution in [1.82, 2.24) is 4.57 Å². The summed E-state index contributed by atoms with van der Waals surface area (Å²) >= 11 is 1.74. The van der Waals surface area contributed by atoms with Gasteiger partial charge in [0.25, 0.3) is 0 Å². The van der Waals surface area contributed by atoms with Gasteiger partial charge in [-0.25, -0.2) is 4.98 Å². The molecule has 3 nitrogen and oxygen atoms in total. The monoisotopic (exact) mass is 473 g/mol. The van der Waals surface area contributed by atoms with E-state index < -0.39 is 0 Å². The molecule has 4 heterocycles. The number of benzene rings is 1. The van der Waals surface area contributed by atoms with Crippen LogP contribution in [0, 0.1) is 0 Å². The minimum atomic E-state index is 0. The largest absolute Gasteiger partial charge is 1.00 e. The zero-order valence-corrected chi connectivity index (χ0v) is 19.9. The van der Waals surface area contributed by atoms with Crippen molar-refractivity contribution in [2.45, 2.75) is 32.2 Å². The first-order valence-corrected chi connectivity index (χ1v) is 11.8. The van der Waals surface area contributed by atoms with E-state index in [2.05, 4.69) is 75.3 Å². The molecular weight excluding hydrogens is 445 g/mol. The van der Waals surface area contributed by atoms with Crippen LogP contribution in [0.15, 0.2) is 65.7 Å². The van der Waals surface area contributed by atoms with Gasteiger partial charge in [-0.2, -0.15) is 11.3 Å². The average molecular weight is 475 g/mol. The van der Waals surface area contributed by atoms with Crippen LogP contribution in [0.1, 0.15) is 25.7 Å². The SMILES string of the molecule is [Cl-].[Cl-].c1ccc2c(c1)c(-c1c[nH+]cc(-c3ccsc3)c1)cn2CCC[NH+]1CCCCC1. The smallest absolute Gasteiger partial charge is 0.174 e. The second kappa shape index (κ2) is 11.1. The maximum Gasteiger partial charge on any atom is 0.174 e. The lowest BCUT2D eigenvalue weighted by Crippen LogP contribution is -3.12. The van der Waals surface area contributed by atoms with Crippen LogP contribution in [0.25, 0.3) is 33.2 Å². The van der Waals surface area contributed by atoms with E-state index in [1.807, 2.05) is 0 Å². The molecular formula is C25H29Cl2N3S. The Kier molecular flexibility index (Phi) is 8.56. The molecule has 31 heavy (non-hydrogen) atoms. The van der Waals surface area contributed by atoms with E-state index in [-0.39, 0.29) is 24.8 Å². The van der Waals surface area contributed by atoms with Gasteiger partial charge in [0.2, 0.25) is 0 Å². The summed E-state index contributed by atoms with van der Waals surface area (Å²) in [5, 5.41) is 5.69. The highest BCUT2D eigenvalue weighted by atomic mass is 35.5. The molecule has 0 amide bonds. The van der Waals surface area contributed by atoms with E-state index in [9.17, 15) is 0 Å². The van der Waals surface area contributed by atoms with E-state index >= 15 is 0 Å². The van der Waals surface area contributed by atoms with Crippen molar-refractivity contribution in [2.24, 2.45) is 0 Å². The van der Waals surface area contributed by atoms with Gasteiger partial charge in [0, 0.05) is 46.8 Å². The van der Waals surface area contributed by atoms with Gasteiger partial charge in [0.05, 0.1) is 19.6 Å². The molecule has 2 N–H and O–H groups in total. The molecule has 0 spiro atoms. The molecule has 6 heteroatoms. The summed E-state index contributed by atoms with van der Waals surface area (Å²) in [6, 6.07) is 13.3. The molecule has 1 aliphatic rings. The quantitative estimate of drug-likeness (QED) is 0.345. The van der Waals surface area contributed by atoms with Crippen molar-refractivity contribution < 1.29 is 34.7 Å². The maximum absolute atomic E-state index is 3.37. The summed E-state index contributed by atoms with van der Waals surface area (Å²) < 4.78 is 2.46. The third-order valence-electron chi connectivity index (χ3n) is 6.23. The number of aromatic amines is 1. The zero-order valence-electron chi connectivity index (χ0n) is 17.6. The Morgan fingerprint density at radius 3 is 2.55 bits per heavy atom. The molecule has 1 saturated heterocycles. The van der Waals surface area contributed by atoms with Crippen molar-refractivity contribution in [1.29, 1.82) is 0 Å². The Morgan fingerprint density at radius 1 is 0.935 bits per heavy atom. The molecule has 1 aliphatic heterocycles. The Bertz CT molecular complexity index is 1090. The van der Waals surface area contributed by atoms with Crippen LogP contribution in [0.3, 0.4) is 0 Å². The van der Waals surface area contributed by atoms with Crippen LogP contribution >= 0.6 is 11.3 Å². The number of H-pyrrole nitrogens is 1. The number of nitrogens with one attached hydrogen (secondary N) is 2. The normalized spacial score (nSPS) is 14.2. The first kappa shape index (κ1) is 23.8. The van der Waals surface area contributed by atoms with Crippen LogP contribution in [-0.4, -0.2) is 24.2 Å². The number of pyridine rings is 1. The summed E-state index contributed by atoms with van der Waals surface area (Å²) in [5.41, 5.74) is 6.44. The van der Waals surface area contributed by atoms with E-state index in [1.54, 1.807) is 16.2 Å². The maximum atomic E-state index is 3.37. The van der Waals surface area contributed by atoms with E-state index in [1.165, 1.54) is 78.5 Å². The fraction of sp³-hybridized carbons (Fsp3) is 0.320. The van der Waals surface area contributed by atoms with Gasteiger partial charge < -0.3 is 34.3 Å². The minimum Gasteiger partial charge on any atom is -1.00 e. The zero-order chi connectivity index (χ0) is 19.5. The first-order valence-electron chi connectivity index (χ1n) is 10.8. The molecule has 0 unspecified atom stereocenters. The predicted octanol–water partition coefficient (Wildman–Crippen LogP) is -1.68. The van der Waals surface area contributed by atoms with E-state index in [4.69, 9.17) is 0 Å². The topological polar surface area (TPSA) is 23.5 Å². The summed E-state index contributed by atoms with van der Waals surface area (Å²) in [5.74, 6) is 0. The van der Waals surface area contributed by atoms with Crippen LogP contribution in [0.5, 0.6) is 0 Å². The van der Waals surface area contributed by atoms with Crippen molar-refractivity contribution in [3.8, 4) is 22.3 Å². The Balaban J connectivity index is 0.00000136. The Hall–Kier alpha value is -1.85. The number of hydrogen-bond donors (Lipinski definition) is 1. The van der Waals surface area contributed by atoms with Crippen molar-refractivity contribution in [2.75, 3.05) is 19.6 Å². The number of quaternary nitrogens is 1.